The van der Waals surface area contributed by atoms with Gasteiger partial charge in [0.05, 0.1) is 17.1 Å². The number of rotatable bonds is 5. The Morgan fingerprint density at radius 3 is 2.60 bits per heavy atom. The van der Waals surface area contributed by atoms with Gasteiger partial charge in [-0.15, -0.1) is 0 Å². The number of phenolic OH excluding ortho intramolecular Hbond substituents is 1. The monoisotopic (exact) mass is 369 g/mol. The summed E-state index contributed by atoms with van der Waals surface area (Å²) in [6.45, 7) is 5.26. The summed E-state index contributed by atoms with van der Waals surface area (Å²) in [6.07, 6.45) is -0.645. The third kappa shape index (κ3) is 4.50. The van der Waals surface area contributed by atoms with E-state index in [0.717, 1.165) is 0 Å². The first kappa shape index (κ1) is 19.2. The molecule has 2 unspecified atom stereocenters. The molecule has 7 nitrogen and oxygen atoms in total. The van der Waals surface area contributed by atoms with E-state index < -0.39 is 27.8 Å². The van der Waals surface area contributed by atoms with E-state index in [0.29, 0.717) is 18.5 Å². The van der Waals surface area contributed by atoms with Crippen molar-refractivity contribution in [1.82, 2.24) is 4.90 Å². The number of likely N-dealkylation sites (N-methyl/N-ethyl adjacent to an activating group) is 1. The topological polar surface area (TPSA) is 101 Å². The molecule has 2 atom stereocenters. The summed E-state index contributed by atoms with van der Waals surface area (Å²) in [5, 5.41) is 9.67. The van der Waals surface area contributed by atoms with Crippen molar-refractivity contribution in [2.24, 2.45) is 0 Å². The van der Waals surface area contributed by atoms with Crippen LogP contribution in [0.1, 0.15) is 36.2 Å². The smallest absolute Gasteiger partial charge is 0.339 e. The first-order valence-corrected chi connectivity index (χ1v) is 9.98. The zero-order valence-electron chi connectivity index (χ0n) is 14.6. The Balaban J connectivity index is 2.05. The number of benzene rings is 1. The van der Waals surface area contributed by atoms with Crippen molar-refractivity contribution < 1.29 is 27.9 Å². The van der Waals surface area contributed by atoms with Gasteiger partial charge in [0.2, 0.25) is 0 Å². The highest BCUT2D eigenvalue weighted by Crippen LogP contribution is 2.21. The largest absolute Gasteiger partial charge is 0.508 e. The Hall–Kier alpha value is -2.09. The molecule has 8 heteroatoms. The van der Waals surface area contributed by atoms with Crippen LogP contribution in [0.5, 0.6) is 5.75 Å². The molecule has 1 fully saturated rings. The minimum atomic E-state index is -3.11. The molecule has 25 heavy (non-hydrogen) atoms. The fourth-order valence-corrected chi connectivity index (χ4v) is 4.59. The summed E-state index contributed by atoms with van der Waals surface area (Å²) >= 11 is 0. The van der Waals surface area contributed by atoms with Crippen molar-refractivity contribution in [2.75, 3.05) is 18.1 Å². The van der Waals surface area contributed by atoms with E-state index in [2.05, 4.69) is 0 Å². The summed E-state index contributed by atoms with van der Waals surface area (Å²) in [6, 6.07) is 4.00. The number of aromatic hydroxyl groups is 1. The molecule has 1 saturated heterocycles. The van der Waals surface area contributed by atoms with Gasteiger partial charge in [-0.25, -0.2) is 13.2 Å². The number of esters is 1. The number of aryl methyl sites for hydroxylation is 1. The molecule has 2 rings (SSSR count). The second kappa shape index (κ2) is 7.43. The van der Waals surface area contributed by atoms with Crippen molar-refractivity contribution in [3.8, 4) is 5.75 Å². The lowest BCUT2D eigenvalue weighted by Crippen LogP contribution is -2.46. The van der Waals surface area contributed by atoms with Crippen LogP contribution in [0.15, 0.2) is 18.2 Å². The lowest BCUT2D eigenvalue weighted by molar-refractivity contribution is -0.141. The molecule has 138 valence electrons. The van der Waals surface area contributed by atoms with Crippen LogP contribution in [0.2, 0.25) is 0 Å². The zero-order valence-corrected chi connectivity index (χ0v) is 15.4. The molecule has 1 aliphatic rings. The number of ether oxygens (including phenoxy) is 1. The standard InChI is InChI=1S/C17H23NO6S/c1-4-18(14-7-8-25(22,23)10-14)16(20)12(3)24-17(21)13-6-5-11(2)15(19)9-13/h5-6,9,12,14,19H,4,7-8,10H2,1-3H3. The first-order chi connectivity index (χ1) is 11.6. The van der Waals surface area contributed by atoms with Crippen LogP contribution in [-0.2, 0) is 19.4 Å². The van der Waals surface area contributed by atoms with Crippen LogP contribution in [-0.4, -0.2) is 60.5 Å². The van der Waals surface area contributed by atoms with E-state index in [-0.39, 0.29) is 28.9 Å². The highest BCUT2D eigenvalue weighted by atomic mass is 32.2. The Labute approximate surface area is 147 Å². The van der Waals surface area contributed by atoms with Gasteiger partial charge < -0.3 is 14.7 Å². The molecule has 0 saturated carbocycles. The Morgan fingerprint density at radius 1 is 1.40 bits per heavy atom. The predicted octanol–water partition coefficient (Wildman–Crippen LogP) is 1.28. The van der Waals surface area contributed by atoms with Gasteiger partial charge in [0, 0.05) is 12.6 Å². The second-order valence-electron chi connectivity index (χ2n) is 6.23. The van der Waals surface area contributed by atoms with E-state index in [1.54, 1.807) is 19.9 Å². The van der Waals surface area contributed by atoms with Gasteiger partial charge in [-0.3, -0.25) is 4.79 Å². The summed E-state index contributed by atoms with van der Waals surface area (Å²) in [4.78, 5) is 26.2. The van der Waals surface area contributed by atoms with E-state index in [1.165, 1.54) is 24.0 Å². The van der Waals surface area contributed by atoms with E-state index in [9.17, 15) is 23.1 Å². The molecule has 1 amide bonds. The first-order valence-electron chi connectivity index (χ1n) is 8.16. The van der Waals surface area contributed by atoms with Gasteiger partial charge >= 0.3 is 5.97 Å². The summed E-state index contributed by atoms with van der Waals surface area (Å²) in [5.41, 5.74) is 0.773. The molecular weight excluding hydrogens is 346 g/mol. The lowest BCUT2D eigenvalue weighted by Gasteiger charge is -2.29. The fraction of sp³-hybridized carbons (Fsp3) is 0.529. The molecule has 1 heterocycles. The quantitative estimate of drug-likeness (QED) is 0.785. The molecule has 1 N–H and O–H groups in total. The Bertz CT molecular complexity index is 773. The highest BCUT2D eigenvalue weighted by molar-refractivity contribution is 7.91. The number of carbonyl (C=O) groups excluding carboxylic acids is 2. The number of hydrogen-bond acceptors (Lipinski definition) is 6. The maximum Gasteiger partial charge on any atom is 0.339 e. The van der Waals surface area contributed by atoms with Gasteiger partial charge in [0.15, 0.2) is 15.9 Å². The zero-order chi connectivity index (χ0) is 18.8. The number of amides is 1. The third-order valence-electron chi connectivity index (χ3n) is 4.35. The average molecular weight is 369 g/mol. The van der Waals surface area contributed by atoms with Crippen molar-refractivity contribution in [3.63, 3.8) is 0 Å². The van der Waals surface area contributed by atoms with Crippen LogP contribution < -0.4 is 0 Å². The van der Waals surface area contributed by atoms with Gasteiger partial charge in [-0.2, -0.15) is 0 Å². The molecule has 0 radical (unpaired) electrons. The van der Waals surface area contributed by atoms with E-state index >= 15 is 0 Å². The van der Waals surface area contributed by atoms with Crippen LogP contribution in [0.25, 0.3) is 0 Å². The molecule has 0 aliphatic carbocycles. The van der Waals surface area contributed by atoms with Crippen molar-refractivity contribution in [3.05, 3.63) is 29.3 Å². The maximum atomic E-state index is 12.6. The summed E-state index contributed by atoms with van der Waals surface area (Å²) < 4.78 is 28.5. The van der Waals surface area contributed by atoms with Gasteiger partial charge in [0.1, 0.15) is 5.75 Å². The van der Waals surface area contributed by atoms with E-state index in [4.69, 9.17) is 4.74 Å². The highest BCUT2D eigenvalue weighted by Gasteiger charge is 2.36. The lowest BCUT2D eigenvalue weighted by atomic mass is 10.1. The number of phenols is 1. The minimum Gasteiger partial charge on any atom is -0.508 e. The predicted molar refractivity (Wildman–Crippen MR) is 92.2 cm³/mol. The number of carbonyl (C=O) groups is 2. The van der Waals surface area contributed by atoms with Crippen LogP contribution in [0, 0.1) is 6.92 Å². The van der Waals surface area contributed by atoms with Crippen LogP contribution >= 0.6 is 0 Å². The number of nitrogens with zero attached hydrogens (tertiary/aromatic N) is 1. The molecule has 0 spiro atoms. The van der Waals surface area contributed by atoms with Gasteiger partial charge in [-0.1, -0.05) is 6.07 Å². The molecular formula is C17H23NO6S. The third-order valence-corrected chi connectivity index (χ3v) is 6.10. The van der Waals surface area contributed by atoms with Crippen LogP contribution in [0.4, 0.5) is 0 Å². The fourth-order valence-electron chi connectivity index (χ4n) is 2.86. The Kier molecular flexibility index (Phi) is 5.72. The maximum absolute atomic E-state index is 12.6. The molecule has 0 bridgehead atoms. The molecule has 1 aliphatic heterocycles. The summed E-state index contributed by atoms with van der Waals surface area (Å²) in [5.74, 6) is -1.16. The number of sulfone groups is 1. The van der Waals surface area contributed by atoms with Gasteiger partial charge in [-0.05, 0) is 44.9 Å². The molecule has 1 aromatic carbocycles. The molecule has 0 aromatic heterocycles. The second-order valence-corrected chi connectivity index (χ2v) is 8.46. The molecule has 1 aromatic rings. The normalized spacial score (nSPS) is 20.0. The van der Waals surface area contributed by atoms with Crippen LogP contribution in [0.3, 0.4) is 0 Å². The number of hydrogen-bond donors (Lipinski definition) is 1. The van der Waals surface area contributed by atoms with Gasteiger partial charge in [0.25, 0.3) is 5.91 Å². The SMILES string of the molecule is CCN(C(=O)C(C)OC(=O)c1ccc(C)c(O)c1)C1CCS(=O)(=O)C1. The van der Waals surface area contributed by atoms with Crippen molar-refractivity contribution in [1.29, 1.82) is 0 Å². The van der Waals surface area contributed by atoms with Crippen molar-refractivity contribution in [2.45, 2.75) is 39.3 Å². The average Bonchev–Trinajstić information content (AvgIpc) is 2.90. The van der Waals surface area contributed by atoms with Crippen molar-refractivity contribution >= 4 is 21.7 Å². The summed E-state index contributed by atoms with van der Waals surface area (Å²) in [7, 11) is -3.11. The Morgan fingerprint density at radius 2 is 2.08 bits per heavy atom. The minimum absolute atomic E-state index is 0.0280. The van der Waals surface area contributed by atoms with E-state index in [1.807, 2.05) is 0 Å².